The van der Waals surface area contributed by atoms with Crippen molar-refractivity contribution < 1.29 is 23.9 Å². The summed E-state index contributed by atoms with van der Waals surface area (Å²) in [6.07, 6.45) is 0.239. The highest BCUT2D eigenvalue weighted by atomic mass is 16.5. The predicted octanol–water partition coefficient (Wildman–Crippen LogP) is 2.11. The lowest BCUT2D eigenvalue weighted by molar-refractivity contribution is -0.147. The van der Waals surface area contributed by atoms with Gasteiger partial charge in [0.15, 0.2) is 6.61 Å². The molecular formula is C21H23N3O5. The topological polar surface area (TPSA) is 114 Å². The molecule has 0 saturated heterocycles. The maximum absolute atomic E-state index is 11.8. The Balaban J connectivity index is 1.57. The Morgan fingerprint density at radius 3 is 2.21 bits per heavy atom. The molecule has 0 aliphatic carbocycles. The van der Waals surface area contributed by atoms with Crippen molar-refractivity contribution in [1.82, 2.24) is 10.9 Å². The van der Waals surface area contributed by atoms with Gasteiger partial charge in [0, 0.05) is 24.1 Å². The largest absolute Gasteiger partial charge is 0.456 e. The van der Waals surface area contributed by atoms with Gasteiger partial charge < -0.3 is 10.1 Å². The molecule has 3 amide bonds. The number of nitrogens with one attached hydrogen (secondary N) is 3. The van der Waals surface area contributed by atoms with E-state index in [4.69, 9.17) is 4.74 Å². The second-order valence-electron chi connectivity index (χ2n) is 6.30. The Labute approximate surface area is 168 Å². The minimum atomic E-state index is -0.579. The van der Waals surface area contributed by atoms with E-state index in [9.17, 15) is 19.2 Å². The van der Waals surface area contributed by atoms with Crippen molar-refractivity contribution in [3.63, 3.8) is 0 Å². The third-order valence-electron chi connectivity index (χ3n) is 3.84. The lowest BCUT2D eigenvalue weighted by Crippen LogP contribution is -2.41. The van der Waals surface area contributed by atoms with Crippen molar-refractivity contribution >= 4 is 29.4 Å². The fourth-order valence-electron chi connectivity index (χ4n) is 2.30. The van der Waals surface area contributed by atoms with Crippen LogP contribution in [0.2, 0.25) is 0 Å². The highest BCUT2D eigenvalue weighted by molar-refractivity contribution is 5.95. The molecule has 0 radical (unpaired) electrons. The summed E-state index contributed by atoms with van der Waals surface area (Å²) in [5.41, 5.74) is 6.68. The van der Waals surface area contributed by atoms with Crippen LogP contribution < -0.4 is 16.2 Å². The second kappa shape index (κ2) is 11.2. The zero-order valence-corrected chi connectivity index (χ0v) is 16.1. The molecule has 0 heterocycles. The summed E-state index contributed by atoms with van der Waals surface area (Å²) in [5, 5.41) is 2.62. The van der Waals surface area contributed by atoms with Crippen molar-refractivity contribution in [3.05, 3.63) is 65.7 Å². The first-order valence-corrected chi connectivity index (χ1v) is 9.10. The van der Waals surface area contributed by atoms with E-state index in [2.05, 4.69) is 16.2 Å². The third kappa shape index (κ3) is 8.25. The van der Waals surface area contributed by atoms with Crippen LogP contribution in [-0.4, -0.2) is 30.3 Å². The summed E-state index contributed by atoms with van der Waals surface area (Å²) in [7, 11) is 0. The quantitative estimate of drug-likeness (QED) is 0.466. The summed E-state index contributed by atoms with van der Waals surface area (Å²) in [5.74, 6) is -1.88. The van der Waals surface area contributed by atoms with Crippen molar-refractivity contribution in [1.29, 1.82) is 0 Å². The van der Waals surface area contributed by atoms with Crippen LogP contribution in [0.3, 0.4) is 0 Å². The molecule has 2 aromatic carbocycles. The van der Waals surface area contributed by atoms with E-state index < -0.39 is 30.3 Å². The van der Waals surface area contributed by atoms with Gasteiger partial charge in [-0.3, -0.25) is 30.0 Å². The summed E-state index contributed by atoms with van der Waals surface area (Å²) < 4.78 is 4.89. The van der Waals surface area contributed by atoms with Crippen molar-refractivity contribution in [2.24, 2.45) is 0 Å². The molecule has 8 nitrogen and oxygen atoms in total. The minimum Gasteiger partial charge on any atom is -0.456 e. The zero-order valence-electron chi connectivity index (χ0n) is 16.1. The fourth-order valence-corrected chi connectivity index (χ4v) is 2.30. The number of hydrogen-bond donors (Lipinski definition) is 3. The van der Waals surface area contributed by atoms with E-state index in [-0.39, 0.29) is 19.3 Å². The number of rotatable bonds is 8. The summed E-state index contributed by atoms with van der Waals surface area (Å²) in [6, 6.07) is 15.7. The molecule has 29 heavy (non-hydrogen) atoms. The lowest BCUT2D eigenvalue weighted by Gasteiger charge is -2.08. The Hall–Kier alpha value is -3.68. The summed E-state index contributed by atoms with van der Waals surface area (Å²) in [4.78, 5) is 46.9. The van der Waals surface area contributed by atoms with Crippen LogP contribution in [0.5, 0.6) is 0 Å². The second-order valence-corrected chi connectivity index (χ2v) is 6.30. The van der Waals surface area contributed by atoms with Crippen LogP contribution in [-0.2, 0) is 19.1 Å². The molecule has 0 aliphatic heterocycles. The van der Waals surface area contributed by atoms with Gasteiger partial charge in [-0.25, -0.2) is 0 Å². The number of esters is 1. The molecule has 0 spiro atoms. The summed E-state index contributed by atoms with van der Waals surface area (Å²) in [6.45, 7) is 1.54. The molecular weight excluding hydrogens is 374 g/mol. The van der Waals surface area contributed by atoms with Gasteiger partial charge in [0.05, 0.1) is 0 Å². The monoisotopic (exact) mass is 397 g/mol. The standard InChI is InChI=1S/C21H23N3O5/c1-15-10-12-17(13-11-15)22-19(26)14-29-20(27)9-5-8-18(25)23-24-21(28)16-6-3-2-4-7-16/h2-4,6-7,10-13H,5,8-9,14H2,1H3,(H,22,26)(H,23,25)(H,24,28). The van der Waals surface area contributed by atoms with Gasteiger partial charge in [-0.05, 0) is 37.6 Å². The fraction of sp³-hybridized carbons (Fsp3) is 0.238. The molecule has 0 saturated carbocycles. The van der Waals surface area contributed by atoms with Gasteiger partial charge in [-0.1, -0.05) is 35.9 Å². The number of benzene rings is 2. The molecule has 3 N–H and O–H groups in total. The average molecular weight is 397 g/mol. The predicted molar refractivity (Wildman–Crippen MR) is 107 cm³/mol. The SMILES string of the molecule is Cc1ccc(NC(=O)COC(=O)CCCC(=O)NNC(=O)c2ccccc2)cc1. The van der Waals surface area contributed by atoms with E-state index in [1.54, 1.807) is 42.5 Å². The maximum atomic E-state index is 11.8. The van der Waals surface area contributed by atoms with Crippen LogP contribution in [0.25, 0.3) is 0 Å². The Morgan fingerprint density at radius 2 is 1.52 bits per heavy atom. The number of carbonyl (C=O) groups excluding carboxylic acids is 4. The van der Waals surface area contributed by atoms with Gasteiger partial charge >= 0.3 is 5.97 Å². The summed E-state index contributed by atoms with van der Waals surface area (Å²) >= 11 is 0. The maximum Gasteiger partial charge on any atom is 0.306 e. The molecule has 0 unspecified atom stereocenters. The normalized spacial score (nSPS) is 9.97. The lowest BCUT2D eigenvalue weighted by atomic mass is 10.2. The van der Waals surface area contributed by atoms with Gasteiger partial charge in [-0.15, -0.1) is 0 Å². The molecule has 152 valence electrons. The van der Waals surface area contributed by atoms with E-state index in [0.717, 1.165) is 5.56 Å². The number of amides is 3. The van der Waals surface area contributed by atoms with Crippen LogP contribution in [0.1, 0.15) is 35.2 Å². The van der Waals surface area contributed by atoms with Gasteiger partial charge in [0.1, 0.15) is 0 Å². The minimum absolute atomic E-state index is 0.0160. The Morgan fingerprint density at radius 1 is 0.828 bits per heavy atom. The first-order valence-electron chi connectivity index (χ1n) is 9.10. The van der Waals surface area contributed by atoms with Crippen molar-refractivity contribution in [3.8, 4) is 0 Å². The third-order valence-corrected chi connectivity index (χ3v) is 3.84. The van der Waals surface area contributed by atoms with Crippen LogP contribution in [0.4, 0.5) is 5.69 Å². The van der Waals surface area contributed by atoms with Crippen molar-refractivity contribution in [2.75, 3.05) is 11.9 Å². The van der Waals surface area contributed by atoms with Gasteiger partial charge in [0.2, 0.25) is 5.91 Å². The zero-order chi connectivity index (χ0) is 21.1. The Bertz CT molecular complexity index is 850. The molecule has 2 aromatic rings. The number of ether oxygens (including phenoxy) is 1. The highest BCUT2D eigenvalue weighted by Crippen LogP contribution is 2.08. The number of anilines is 1. The van der Waals surface area contributed by atoms with Gasteiger partial charge in [-0.2, -0.15) is 0 Å². The van der Waals surface area contributed by atoms with E-state index in [1.807, 2.05) is 19.1 Å². The highest BCUT2D eigenvalue weighted by Gasteiger charge is 2.10. The number of aryl methyl sites for hydroxylation is 1. The first kappa shape index (κ1) is 21.6. The van der Waals surface area contributed by atoms with E-state index in [1.165, 1.54) is 0 Å². The van der Waals surface area contributed by atoms with Crippen molar-refractivity contribution in [2.45, 2.75) is 26.2 Å². The van der Waals surface area contributed by atoms with E-state index in [0.29, 0.717) is 11.3 Å². The molecule has 0 aliphatic rings. The van der Waals surface area contributed by atoms with Crippen LogP contribution >= 0.6 is 0 Å². The molecule has 0 atom stereocenters. The Kier molecular flexibility index (Phi) is 8.37. The van der Waals surface area contributed by atoms with E-state index >= 15 is 0 Å². The molecule has 2 rings (SSSR count). The van der Waals surface area contributed by atoms with Crippen LogP contribution in [0.15, 0.2) is 54.6 Å². The molecule has 8 heteroatoms. The molecule has 0 aromatic heterocycles. The molecule has 0 fully saturated rings. The smallest absolute Gasteiger partial charge is 0.306 e. The molecule has 0 bridgehead atoms. The average Bonchev–Trinajstić information content (AvgIpc) is 2.73. The number of hydrazine groups is 1. The first-order chi connectivity index (χ1) is 13.9. The van der Waals surface area contributed by atoms with Crippen LogP contribution in [0, 0.1) is 6.92 Å². The van der Waals surface area contributed by atoms with Gasteiger partial charge in [0.25, 0.3) is 11.8 Å². The number of carbonyl (C=O) groups is 4. The number of hydrogen-bond acceptors (Lipinski definition) is 5.